The number of fused-ring (bicyclic) bond motifs is 2. The Morgan fingerprint density at radius 1 is 1.18 bits per heavy atom. The van der Waals surface area contributed by atoms with Gasteiger partial charge in [-0.15, -0.1) is 0 Å². The van der Waals surface area contributed by atoms with E-state index in [1.807, 2.05) is 6.07 Å². The molecular formula is C24H24FN7O. The van der Waals surface area contributed by atoms with Gasteiger partial charge >= 0.3 is 0 Å². The zero-order valence-corrected chi connectivity index (χ0v) is 18.3. The maximum absolute atomic E-state index is 14.4. The fourth-order valence-electron chi connectivity index (χ4n) is 4.74. The predicted molar refractivity (Wildman–Crippen MR) is 124 cm³/mol. The number of hydrogen-bond acceptors (Lipinski definition) is 6. The van der Waals surface area contributed by atoms with Gasteiger partial charge in [0.05, 0.1) is 22.6 Å². The van der Waals surface area contributed by atoms with Crippen LogP contribution in [0.3, 0.4) is 0 Å². The summed E-state index contributed by atoms with van der Waals surface area (Å²) in [7, 11) is 0. The van der Waals surface area contributed by atoms with Crippen molar-refractivity contribution >= 4 is 34.0 Å². The highest BCUT2D eigenvalue weighted by molar-refractivity contribution is 6.13. The Morgan fingerprint density at radius 2 is 2.00 bits per heavy atom. The molecule has 0 radical (unpaired) electrons. The number of aromatic nitrogens is 4. The zero-order valence-electron chi connectivity index (χ0n) is 18.3. The Bertz CT molecular complexity index is 1380. The number of carbonyl (C=O) groups excluding carboxylic acids is 1. The topological polar surface area (TPSA) is 87.5 Å². The summed E-state index contributed by atoms with van der Waals surface area (Å²) in [6, 6.07) is 5.50. The average Bonchev–Trinajstić information content (AvgIpc) is 3.60. The third-order valence-corrected chi connectivity index (χ3v) is 6.47. The second-order valence-corrected chi connectivity index (χ2v) is 8.87. The number of rotatable bonds is 4. The highest BCUT2D eigenvalue weighted by Crippen LogP contribution is 2.35. The molecule has 4 heterocycles. The molecule has 1 atom stereocenters. The molecule has 1 saturated carbocycles. The number of carbonyl (C=O) groups is 1. The number of nitrogens with zero attached hydrogens (tertiary/aromatic N) is 5. The lowest BCUT2D eigenvalue weighted by Crippen LogP contribution is -2.51. The van der Waals surface area contributed by atoms with E-state index in [4.69, 9.17) is 0 Å². The summed E-state index contributed by atoms with van der Waals surface area (Å²) in [5.41, 5.74) is 3.90. The molecule has 8 nitrogen and oxygen atoms in total. The molecule has 0 bridgehead atoms. The molecule has 3 aromatic heterocycles. The molecule has 4 aromatic rings. The standard InChI is InChI=1S/C24H24FN7O/c1-14-11-32-12-16(10-18(25)23(32)29-14)30-24(33)17-4-5-20(22-21(17)27-6-7-28-22)31-9-8-26-19(13-31)15-2-3-15/h4-7,10-12,15,19,26H,2-3,8-9,13H2,1H3,(H,30,33)/t19-/m0/s1. The Balaban J connectivity index is 1.32. The highest BCUT2D eigenvalue weighted by atomic mass is 19.1. The van der Waals surface area contributed by atoms with Crippen LogP contribution in [0, 0.1) is 18.7 Å². The Kier molecular flexibility index (Phi) is 4.72. The molecule has 1 aliphatic carbocycles. The van der Waals surface area contributed by atoms with E-state index >= 15 is 0 Å². The van der Waals surface area contributed by atoms with Gasteiger partial charge in [-0.25, -0.2) is 9.37 Å². The molecule has 1 saturated heterocycles. The van der Waals surface area contributed by atoms with Crippen LogP contribution in [0.25, 0.3) is 16.7 Å². The maximum atomic E-state index is 14.4. The van der Waals surface area contributed by atoms with Gasteiger partial charge in [0.25, 0.3) is 5.91 Å². The summed E-state index contributed by atoms with van der Waals surface area (Å²) in [4.78, 5) is 28.7. The summed E-state index contributed by atoms with van der Waals surface area (Å²) < 4.78 is 16.0. The minimum absolute atomic E-state index is 0.228. The van der Waals surface area contributed by atoms with Gasteiger partial charge in [-0.05, 0) is 37.8 Å². The van der Waals surface area contributed by atoms with E-state index in [1.165, 1.54) is 18.9 Å². The number of imidazole rings is 1. The minimum Gasteiger partial charge on any atom is -0.367 e. The Hall–Kier alpha value is -3.59. The number of anilines is 2. The van der Waals surface area contributed by atoms with Crippen molar-refractivity contribution in [1.82, 2.24) is 24.7 Å². The average molecular weight is 446 g/mol. The first-order chi connectivity index (χ1) is 16.1. The second kappa shape index (κ2) is 7.77. The van der Waals surface area contributed by atoms with Gasteiger partial charge in [-0.3, -0.25) is 14.8 Å². The molecule has 1 aliphatic heterocycles. The first kappa shape index (κ1) is 20.0. The van der Waals surface area contributed by atoms with E-state index in [9.17, 15) is 9.18 Å². The Labute approximate surface area is 189 Å². The van der Waals surface area contributed by atoms with Gasteiger partial charge in [-0.2, -0.15) is 0 Å². The number of hydrogen-bond donors (Lipinski definition) is 2. The van der Waals surface area contributed by atoms with Gasteiger partial charge in [0.1, 0.15) is 11.0 Å². The maximum Gasteiger partial charge on any atom is 0.257 e. The Morgan fingerprint density at radius 3 is 2.82 bits per heavy atom. The lowest BCUT2D eigenvalue weighted by atomic mass is 10.1. The SMILES string of the molecule is Cc1cn2cc(NC(=O)c3ccc(N4CCN[C@H](C5CC5)C4)c4nccnc34)cc(F)c2n1. The number of amides is 1. The van der Waals surface area contributed by atoms with Crippen molar-refractivity contribution in [2.24, 2.45) is 5.92 Å². The fraction of sp³-hybridized carbons (Fsp3) is 0.333. The molecule has 2 aliphatic rings. The first-order valence-corrected chi connectivity index (χ1v) is 11.2. The lowest BCUT2D eigenvalue weighted by Gasteiger charge is -2.35. The van der Waals surface area contributed by atoms with Crippen LogP contribution in [-0.4, -0.2) is 50.9 Å². The van der Waals surface area contributed by atoms with Gasteiger partial charge in [0, 0.05) is 56.5 Å². The van der Waals surface area contributed by atoms with Gasteiger partial charge in [0.15, 0.2) is 11.5 Å². The van der Waals surface area contributed by atoms with Crippen LogP contribution < -0.4 is 15.5 Å². The normalized spacial score (nSPS) is 18.7. The van der Waals surface area contributed by atoms with Crippen molar-refractivity contribution in [3.8, 4) is 0 Å². The lowest BCUT2D eigenvalue weighted by molar-refractivity contribution is 0.102. The molecule has 0 unspecified atom stereocenters. The predicted octanol–water partition coefficient (Wildman–Crippen LogP) is 3.17. The van der Waals surface area contributed by atoms with Gasteiger partial charge < -0.3 is 19.9 Å². The summed E-state index contributed by atoms with van der Waals surface area (Å²) in [5, 5.41) is 6.43. The number of halogens is 1. The molecule has 1 amide bonds. The van der Waals surface area contributed by atoms with E-state index in [0.29, 0.717) is 34.0 Å². The summed E-state index contributed by atoms with van der Waals surface area (Å²) in [6.07, 6.45) is 9.18. The van der Waals surface area contributed by atoms with Crippen LogP contribution >= 0.6 is 0 Å². The number of pyridine rings is 1. The molecule has 1 aromatic carbocycles. The van der Waals surface area contributed by atoms with E-state index in [1.54, 1.807) is 42.2 Å². The highest BCUT2D eigenvalue weighted by Gasteiger charge is 2.34. The molecule has 33 heavy (non-hydrogen) atoms. The van der Waals surface area contributed by atoms with Crippen molar-refractivity contribution in [3.05, 3.63) is 60.1 Å². The van der Waals surface area contributed by atoms with Crippen LogP contribution in [-0.2, 0) is 0 Å². The quantitative estimate of drug-likeness (QED) is 0.502. The summed E-state index contributed by atoms with van der Waals surface area (Å²) >= 11 is 0. The van der Waals surface area contributed by atoms with Crippen molar-refractivity contribution < 1.29 is 9.18 Å². The van der Waals surface area contributed by atoms with E-state index in [2.05, 4.69) is 30.5 Å². The molecular weight excluding hydrogens is 421 g/mol. The molecule has 2 N–H and O–H groups in total. The van der Waals surface area contributed by atoms with E-state index in [-0.39, 0.29) is 11.6 Å². The molecule has 168 valence electrons. The van der Waals surface area contributed by atoms with Crippen molar-refractivity contribution in [2.45, 2.75) is 25.8 Å². The molecule has 0 spiro atoms. The zero-order chi connectivity index (χ0) is 22.5. The van der Waals surface area contributed by atoms with E-state index < -0.39 is 5.82 Å². The van der Waals surface area contributed by atoms with E-state index in [0.717, 1.165) is 31.2 Å². The van der Waals surface area contributed by atoms with Crippen LogP contribution in [0.15, 0.2) is 43.0 Å². The monoisotopic (exact) mass is 445 g/mol. The minimum atomic E-state index is -0.496. The summed E-state index contributed by atoms with van der Waals surface area (Å²) in [5.74, 6) is -0.101. The van der Waals surface area contributed by atoms with Gasteiger partial charge in [-0.1, -0.05) is 0 Å². The van der Waals surface area contributed by atoms with Crippen molar-refractivity contribution in [1.29, 1.82) is 0 Å². The first-order valence-electron chi connectivity index (χ1n) is 11.2. The summed E-state index contributed by atoms with van der Waals surface area (Å²) in [6.45, 7) is 4.52. The van der Waals surface area contributed by atoms with Crippen molar-refractivity contribution in [3.63, 3.8) is 0 Å². The van der Waals surface area contributed by atoms with Crippen LogP contribution in [0.4, 0.5) is 15.8 Å². The number of aryl methyl sites for hydroxylation is 1. The molecule has 9 heteroatoms. The second-order valence-electron chi connectivity index (χ2n) is 8.87. The number of piperazine rings is 1. The van der Waals surface area contributed by atoms with Crippen LogP contribution in [0.5, 0.6) is 0 Å². The largest absolute Gasteiger partial charge is 0.367 e. The smallest absolute Gasteiger partial charge is 0.257 e. The van der Waals surface area contributed by atoms with Crippen LogP contribution in [0.1, 0.15) is 28.9 Å². The van der Waals surface area contributed by atoms with Crippen molar-refractivity contribution in [2.75, 3.05) is 29.9 Å². The van der Waals surface area contributed by atoms with Crippen LogP contribution in [0.2, 0.25) is 0 Å². The molecule has 2 fully saturated rings. The number of benzene rings is 1. The third kappa shape index (κ3) is 3.68. The fourth-order valence-corrected chi connectivity index (χ4v) is 4.74. The molecule has 6 rings (SSSR count). The number of nitrogens with one attached hydrogen (secondary N) is 2. The third-order valence-electron chi connectivity index (χ3n) is 6.47. The van der Waals surface area contributed by atoms with Gasteiger partial charge in [0.2, 0.25) is 0 Å².